The SMILES string of the molecule is CC1(c2ccccc2)c2ccccc2-c2ccc(N(c3cccc4c3-c3ccccc3C4(c3ccccc3)c3ccccc3)c3cccc4oc5ccccc5c34)cc21. The minimum atomic E-state index is -0.532. The zero-order valence-electron chi connectivity index (χ0n) is 32.6. The van der Waals surface area contributed by atoms with Gasteiger partial charge in [0.05, 0.1) is 22.2 Å². The van der Waals surface area contributed by atoms with Crippen LogP contribution in [0.5, 0.6) is 0 Å². The van der Waals surface area contributed by atoms with Crippen molar-refractivity contribution in [1.82, 2.24) is 0 Å². The van der Waals surface area contributed by atoms with Crippen molar-refractivity contribution in [2.45, 2.75) is 17.8 Å². The molecule has 0 aliphatic heterocycles. The van der Waals surface area contributed by atoms with Gasteiger partial charge in [-0.15, -0.1) is 0 Å². The van der Waals surface area contributed by atoms with Crippen LogP contribution in [-0.2, 0) is 10.8 Å². The first-order chi connectivity index (χ1) is 29.2. The fourth-order valence-electron chi connectivity index (χ4n) is 10.7. The zero-order chi connectivity index (χ0) is 39.1. The Hall–Kier alpha value is -7.42. The van der Waals surface area contributed by atoms with Gasteiger partial charge >= 0.3 is 0 Å². The summed E-state index contributed by atoms with van der Waals surface area (Å²) in [6.45, 7) is 2.40. The van der Waals surface area contributed by atoms with Gasteiger partial charge in [0.15, 0.2) is 0 Å². The Labute approximate surface area is 344 Å². The number of fused-ring (bicyclic) bond motifs is 9. The number of furan rings is 1. The largest absolute Gasteiger partial charge is 0.456 e. The van der Waals surface area contributed by atoms with Crippen molar-refractivity contribution < 1.29 is 4.42 Å². The highest BCUT2D eigenvalue weighted by Crippen LogP contribution is 2.61. The standard InChI is InChI=1S/C57H39NO/c1-56(38-19-5-2-6-20-38)46-28-14-11-25-42(46)43-36-35-41(37-49(43)56)58(51-32-18-34-53-55(51)45-27-13-16-33-52(45)59-53)50-31-17-30-48-54(50)44-26-12-15-29-47(44)57(48,39-21-7-3-8-22-39)40-23-9-4-10-24-40/h2-37H,1H3. The number of para-hydroxylation sites is 1. The molecule has 1 unspecified atom stereocenters. The molecule has 2 aliphatic rings. The monoisotopic (exact) mass is 753 g/mol. The van der Waals surface area contributed by atoms with Crippen LogP contribution in [0.25, 0.3) is 44.2 Å². The van der Waals surface area contributed by atoms with E-state index in [9.17, 15) is 0 Å². The van der Waals surface area contributed by atoms with Gasteiger partial charge in [0.2, 0.25) is 0 Å². The molecule has 0 fully saturated rings. The van der Waals surface area contributed by atoms with Crippen LogP contribution in [0.4, 0.5) is 17.1 Å². The first kappa shape index (κ1) is 33.7. The molecule has 9 aromatic carbocycles. The zero-order valence-corrected chi connectivity index (χ0v) is 32.6. The molecule has 0 amide bonds. The Morgan fingerprint density at radius 2 is 0.932 bits per heavy atom. The Kier molecular flexibility index (Phi) is 7.31. The molecule has 1 atom stereocenters. The molecule has 59 heavy (non-hydrogen) atoms. The van der Waals surface area contributed by atoms with Crippen LogP contribution in [0.15, 0.2) is 223 Å². The van der Waals surface area contributed by atoms with Crippen LogP contribution in [0.1, 0.15) is 45.9 Å². The normalized spacial score (nSPS) is 15.7. The van der Waals surface area contributed by atoms with Gasteiger partial charge in [0.25, 0.3) is 0 Å². The van der Waals surface area contributed by atoms with Crippen LogP contribution in [0.3, 0.4) is 0 Å². The van der Waals surface area contributed by atoms with Crippen molar-refractivity contribution in [2.75, 3.05) is 4.90 Å². The summed E-state index contributed by atoms with van der Waals surface area (Å²) in [7, 11) is 0. The first-order valence-electron chi connectivity index (χ1n) is 20.5. The summed E-state index contributed by atoms with van der Waals surface area (Å²) < 4.78 is 6.59. The van der Waals surface area contributed by atoms with E-state index >= 15 is 0 Å². The van der Waals surface area contributed by atoms with E-state index in [2.05, 4.69) is 230 Å². The van der Waals surface area contributed by atoms with E-state index < -0.39 is 5.41 Å². The number of benzene rings is 9. The van der Waals surface area contributed by atoms with E-state index in [1.165, 1.54) is 61.2 Å². The Balaban J connectivity index is 1.20. The van der Waals surface area contributed by atoms with Crippen LogP contribution < -0.4 is 4.90 Å². The molecular weight excluding hydrogens is 715 g/mol. The minimum absolute atomic E-state index is 0.357. The van der Waals surface area contributed by atoms with Gasteiger partial charge in [0.1, 0.15) is 11.2 Å². The van der Waals surface area contributed by atoms with E-state index in [4.69, 9.17) is 4.42 Å². The topological polar surface area (TPSA) is 16.4 Å². The van der Waals surface area contributed by atoms with Gasteiger partial charge in [0, 0.05) is 22.1 Å². The molecule has 0 saturated heterocycles. The second-order valence-corrected chi connectivity index (χ2v) is 16.1. The summed E-state index contributed by atoms with van der Waals surface area (Å²) in [5.74, 6) is 0. The smallest absolute Gasteiger partial charge is 0.137 e. The molecule has 1 heterocycles. The first-order valence-corrected chi connectivity index (χ1v) is 20.5. The number of rotatable bonds is 6. The summed E-state index contributed by atoms with van der Waals surface area (Å²) in [6.07, 6.45) is 0. The van der Waals surface area contributed by atoms with E-state index in [1.54, 1.807) is 0 Å². The third kappa shape index (κ3) is 4.63. The molecule has 0 radical (unpaired) electrons. The highest BCUT2D eigenvalue weighted by atomic mass is 16.3. The average molecular weight is 754 g/mol. The molecule has 2 heteroatoms. The molecule has 12 rings (SSSR count). The average Bonchev–Trinajstić information content (AvgIpc) is 3.93. The van der Waals surface area contributed by atoms with Gasteiger partial charge in [-0.25, -0.2) is 0 Å². The molecule has 0 N–H and O–H groups in total. The van der Waals surface area contributed by atoms with Gasteiger partial charge < -0.3 is 9.32 Å². The van der Waals surface area contributed by atoms with Crippen LogP contribution in [0.2, 0.25) is 0 Å². The van der Waals surface area contributed by atoms with E-state index in [1.807, 2.05) is 0 Å². The van der Waals surface area contributed by atoms with Gasteiger partial charge in [-0.3, -0.25) is 0 Å². The number of nitrogens with zero attached hydrogens (tertiary/aromatic N) is 1. The van der Waals surface area contributed by atoms with Gasteiger partial charge in [-0.05, 0) is 99.0 Å². The van der Waals surface area contributed by atoms with Crippen LogP contribution >= 0.6 is 0 Å². The van der Waals surface area contributed by atoms with Crippen LogP contribution in [0, 0.1) is 0 Å². The van der Waals surface area contributed by atoms with Crippen LogP contribution in [-0.4, -0.2) is 0 Å². The van der Waals surface area contributed by atoms with E-state index in [0.717, 1.165) is 39.0 Å². The second-order valence-electron chi connectivity index (χ2n) is 16.1. The third-order valence-electron chi connectivity index (χ3n) is 13.2. The Morgan fingerprint density at radius 1 is 0.390 bits per heavy atom. The van der Waals surface area contributed by atoms with Crippen molar-refractivity contribution in [2.24, 2.45) is 0 Å². The predicted molar refractivity (Wildman–Crippen MR) is 243 cm³/mol. The summed E-state index contributed by atoms with van der Waals surface area (Å²) >= 11 is 0. The number of anilines is 3. The van der Waals surface area contributed by atoms with Crippen molar-refractivity contribution in [3.05, 3.63) is 257 Å². The lowest BCUT2D eigenvalue weighted by Gasteiger charge is -2.34. The summed E-state index contributed by atoms with van der Waals surface area (Å²) in [4.78, 5) is 2.51. The predicted octanol–water partition coefficient (Wildman–Crippen LogP) is 14.8. The quantitative estimate of drug-likeness (QED) is 0.168. The van der Waals surface area contributed by atoms with Gasteiger partial charge in [-0.2, -0.15) is 0 Å². The Bertz CT molecular complexity index is 3200. The maximum absolute atomic E-state index is 6.59. The van der Waals surface area contributed by atoms with Crippen molar-refractivity contribution >= 4 is 39.0 Å². The fraction of sp³-hybridized carbons (Fsp3) is 0.0526. The van der Waals surface area contributed by atoms with Gasteiger partial charge in [-0.1, -0.05) is 182 Å². The van der Waals surface area contributed by atoms with Crippen molar-refractivity contribution in [1.29, 1.82) is 0 Å². The van der Waals surface area contributed by atoms with Crippen molar-refractivity contribution in [3.8, 4) is 22.3 Å². The molecular formula is C57H39NO. The summed E-state index contributed by atoms with van der Waals surface area (Å²) in [6, 6.07) is 80.1. The highest BCUT2D eigenvalue weighted by molar-refractivity contribution is 6.14. The molecule has 10 aromatic rings. The number of hydrogen-bond acceptors (Lipinski definition) is 2. The molecule has 0 saturated carbocycles. The molecule has 0 spiro atoms. The maximum atomic E-state index is 6.59. The number of hydrogen-bond donors (Lipinski definition) is 0. The molecule has 2 nitrogen and oxygen atoms in total. The van der Waals surface area contributed by atoms with E-state index in [-0.39, 0.29) is 5.41 Å². The molecule has 2 aliphatic carbocycles. The maximum Gasteiger partial charge on any atom is 0.137 e. The minimum Gasteiger partial charge on any atom is -0.456 e. The molecule has 1 aromatic heterocycles. The lowest BCUT2D eigenvalue weighted by molar-refractivity contribution is 0.669. The molecule has 278 valence electrons. The lowest BCUT2D eigenvalue weighted by atomic mass is 9.68. The third-order valence-corrected chi connectivity index (χ3v) is 13.2. The fourth-order valence-corrected chi connectivity index (χ4v) is 10.7. The summed E-state index contributed by atoms with van der Waals surface area (Å²) in [5.41, 5.74) is 18.2. The second kappa shape index (κ2) is 12.8. The van der Waals surface area contributed by atoms with Crippen molar-refractivity contribution in [3.63, 3.8) is 0 Å². The summed E-state index contributed by atoms with van der Waals surface area (Å²) in [5, 5.41) is 2.20. The Morgan fingerprint density at radius 3 is 1.68 bits per heavy atom. The van der Waals surface area contributed by atoms with E-state index in [0.29, 0.717) is 0 Å². The highest BCUT2D eigenvalue weighted by Gasteiger charge is 2.48. The lowest BCUT2D eigenvalue weighted by Crippen LogP contribution is -2.28. The molecule has 0 bridgehead atoms.